The fourth-order valence-electron chi connectivity index (χ4n) is 2.46. The fourth-order valence-corrected chi connectivity index (χ4v) is 2.46. The molecule has 20 heavy (non-hydrogen) atoms. The highest BCUT2D eigenvalue weighted by Crippen LogP contribution is 2.24. The molecule has 2 aliphatic rings. The molecule has 2 aliphatic heterocycles. The van der Waals surface area contributed by atoms with E-state index in [2.05, 4.69) is 23.8 Å². The summed E-state index contributed by atoms with van der Waals surface area (Å²) in [6, 6.07) is 9.58. The summed E-state index contributed by atoms with van der Waals surface area (Å²) in [4.78, 5) is 29.7. The number of para-hydroxylation sites is 1. The van der Waals surface area contributed by atoms with Gasteiger partial charge in [0, 0.05) is 12.1 Å². The van der Waals surface area contributed by atoms with Crippen molar-refractivity contribution in [2.45, 2.75) is 20.4 Å². The molecule has 0 amide bonds. The van der Waals surface area contributed by atoms with Crippen LogP contribution in [0.15, 0.2) is 39.9 Å². The molecular formula is C15H15N3O2. The van der Waals surface area contributed by atoms with E-state index in [1.807, 2.05) is 28.8 Å². The van der Waals surface area contributed by atoms with E-state index in [1.54, 1.807) is 6.07 Å². The van der Waals surface area contributed by atoms with E-state index in [0.717, 1.165) is 10.9 Å². The van der Waals surface area contributed by atoms with Gasteiger partial charge >= 0.3 is 5.69 Å². The molecule has 0 unspecified atom stereocenters. The summed E-state index contributed by atoms with van der Waals surface area (Å²) in [6.45, 7) is 4.88. The SMILES string of the molecule is CC(C)Cn1c2nc(=O)[nH]c(=O)c-2cc2ccccc21. The van der Waals surface area contributed by atoms with Crippen LogP contribution in [-0.2, 0) is 6.54 Å². The molecule has 5 heteroatoms. The van der Waals surface area contributed by atoms with Gasteiger partial charge in [-0.15, -0.1) is 0 Å². The minimum absolute atomic E-state index is 0.380. The highest BCUT2D eigenvalue weighted by molar-refractivity contribution is 5.85. The fraction of sp³-hybridized carbons (Fsp3) is 0.267. The van der Waals surface area contributed by atoms with E-state index in [9.17, 15) is 9.59 Å². The first-order valence-corrected chi connectivity index (χ1v) is 6.59. The molecule has 1 N–H and O–H groups in total. The van der Waals surface area contributed by atoms with Crippen LogP contribution < -0.4 is 11.2 Å². The average Bonchev–Trinajstić information content (AvgIpc) is 2.39. The standard InChI is InChI=1S/C15H15N3O2/c1-9(2)8-18-12-6-4-3-5-10(12)7-11-13(18)16-15(20)17-14(11)19/h3-7,9H,8H2,1-2H3,(H,17,19,20). The molecule has 2 heterocycles. The first kappa shape index (κ1) is 12.6. The van der Waals surface area contributed by atoms with Crippen molar-refractivity contribution < 1.29 is 0 Å². The van der Waals surface area contributed by atoms with E-state index in [4.69, 9.17) is 0 Å². The van der Waals surface area contributed by atoms with Crippen LogP contribution in [0.3, 0.4) is 0 Å². The molecule has 0 bridgehead atoms. The molecule has 0 aromatic heterocycles. The number of fused-ring (bicyclic) bond motifs is 2. The number of nitrogens with zero attached hydrogens (tertiary/aromatic N) is 2. The minimum Gasteiger partial charge on any atom is -0.325 e. The molecule has 102 valence electrons. The van der Waals surface area contributed by atoms with E-state index < -0.39 is 5.69 Å². The lowest BCUT2D eigenvalue weighted by molar-refractivity contribution is 0.531. The van der Waals surface area contributed by atoms with Crippen LogP contribution in [0.1, 0.15) is 13.8 Å². The largest absolute Gasteiger partial charge is 0.349 e. The Labute approximate surface area is 115 Å². The van der Waals surface area contributed by atoms with Crippen LogP contribution in [0, 0.1) is 5.92 Å². The maximum absolute atomic E-state index is 12.0. The minimum atomic E-state index is -0.602. The van der Waals surface area contributed by atoms with Crippen LogP contribution in [0.4, 0.5) is 0 Å². The van der Waals surface area contributed by atoms with Crippen LogP contribution in [0.25, 0.3) is 22.3 Å². The van der Waals surface area contributed by atoms with Gasteiger partial charge in [-0.05, 0) is 23.4 Å². The molecule has 0 aliphatic carbocycles. The molecule has 5 nitrogen and oxygen atoms in total. The molecule has 0 spiro atoms. The first-order chi connectivity index (χ1) is 9.56. The van der Waals surface area contributed by atoms with Crippen molar-refractivity contribution in [1.82, 2.24) is 14.5 Å². The summed E-state index contributed by atoms with van der Waals surface area (Å²) in [6.07, 6.45) is 0. The molecule has 0 saturated carbocycles. The van der Waals surface area contributed by atoms with Crippen molar-refractivity contribution >= 4 is 10.9 Å². The lowest BCUT2D eigenvalue weighted by Crippen LogP contribution is -2.28. The zero-order chi connectivity index (χ0) is 14.3. The summed E-state index contributed by atoms with van der Waals surface area (Å²) < 4.78 is 1.95. The normalized spacial score (nSPS) is 11.6. The molecule has 0 saturated heterocycles. The van der Waals surface area contributed by atoms with Crippen LogP contribution >= 0.6 is 0 Å². The van der Waals surface area contributed by atoms with Crippen LogP contribution in [0.2, 0.25) is 0 Å². The van der Waals surface area contributed by atoms with Gasteiger partial charge in [0.25, 0.3) is 5.56 Å². The van der Waals surface area contributed by atoms with E-state index >= 15 is 0 Å². The Bertz CT molecular complexity index is 861. The van der Waals surface area contributed by atoms with Gasteiger partial charge in [0.1, 0.15) is 0 Å². The maximum atomic E-state index is 12.0. The quantitative estimate of drug-likeness (QED) is 0.722. The van der Waals surface area contributed by atoms with Gasteiger partial charge in [-0.1, -0.05) is 32.0 Å². The number of aromatic nitrogens is 3. The smallest absolute Gasteiger partial charge is 0.325 e. The van der Waals surface area contributed by atoms with E-state index in [1.165, 1.54) is 0 Å². The molecule has 0 atom stereocenters. The monoisotopic (exact) mass is 269 g/mol. The number of aromatic amines is 1. The number of nitrogens with one attached hydrogen (secondary N) is 1. The third-order valence-electron chi connectivity index (χ3n) is 3.24. The highest BCUT2D eigenvalue weighted by Gasteiger charge is 2.16. The summed E-state index contributed by atoms with van der Waals surface area (Å²) in [7, 11) is 0. The third kappa shape index (κ3) is 2.01. The molecule has 0 radical (unpaired) electrons. The Morgan fingerprint density at radius 3 is 2.75 bits per heavy atom. The molecule has 0 fully saturated rings. The van der Waals surface area contributed by atoms with Gasteiger partial charge in [-0.25, -0.2) is 4.79 Å². The second-order valence-electron chi connectivity index (χ2n) is 5.32. The predicted octanol–water partition coefficient (Wildman–Crippen LogP) is 1.85. The lowest BCUT2D eigenvalue weighted by atomic mass is 10.1. The number of hydrogen-bond donors (Lipinski definition) is 1. The highest BCUT2D eigenvalue weighted by atomic mass is 16.2. The maximum Gasteiger partial charge on any atom is 0.349 e. The number of benzene rings is 1. The van der Waals surface area contributed by atoms with Crippen molar-refractivity contribution in [2.75, 3.05) is 0 Å². The Morgan fingerprint density at radius 1 is 1.25 bits per heavy atom. The molecule has 3 rings (SSSR count). The molecule has 1 aromatic carbocycles. The van der Waals surface area contributed by atoms with Crippen molar-refractivity contribution in [3.8, 4) is 11.4 Å². The second kappa shape index (κ2) is 4.59. The van der Waals surface area contributed by atoms with Gasteiger partial charge in [0.05, 0.1) is 5.56 Å². The van der Waals surface area contributed by atoms with Gasteiger partial charge in [-0.2, -0.15) is 4.98 Å². The van der Waals surface area contributed by atoms with Crippen molar-refractivity contribution in [1.29, 1.82) is 0 Å². The van der Waals surface area contributed by atoms with Crippen molar-refractivity contribution in [3.05, 3.63) is 51.2 Å². The Morgan fingerprint density at radius 2 is 2.00 bits per heavy atom. The van der Waals surface area contributed by atoms with Crippen LogP contribution in [0.5, 0.6) is 0 Å². The predicted molar refractivity (Wildman–Crippen MR) is 78.1 cm³/mol. The average molecular weight is 269 g/mol. The number of H-pyrrole nitrogens is 1. The Kier molecular flexibility index (Phi) is 2.89. The van der Waals surface area contributed by atoms with Gasteiger partial charge in [-0.3, -0.25) is 9.78 Å². The zero-order valence-corrected chi connectivity index (χ0v) is 11.4. The molecule has 1 aromatic rings. The number of hydrogen-bond acceptors (Lipinski definition) is 3. The summed E-state index contributed by atoms with van der Waals surface area (Å²) >= 11 is 0. The van der Waals surface area contributed by atoms with Gasteiger partial charge in [0.15, 0.2) is 5.82 Å². The topological polar surface area (TPSA) is 67.8 Å². The van der Waals surface area contributed by atoms with Crippen LogP contribution in [-0.4, -0.2) is 14.5 Å². The van der Waals surface area contributed by atoms with Crippen molar-refractivity contribution in [2.24, 2.45) is 5.92 Å². The summed E-state index contributed by atoms with van der Waals surface area (Å²) in [5, 5.41) is 0.964. The summed E-state index contributed by atoms with van der Waals surface area (Å²) in [5.41, 5.74) is 0.439. The van der Waals surface area contributed by atoms with Gasteiger partial charge in [0.2, 0.25) is 0 Å². The van der Waals surface area contributed by atoms with Gasteiger partial charge < -0.3 is 4.57 Å². The van der Waals surface area contributed by atoms with Crippen molar-refractivity contribution in [3.63, 3.8) is 0 Å². The zero-order valence-electron chi connectivity index (χ0n) is 11.4. The second-order valence-corrected chi connectivity index (χ2v) is 5.32. The first-order valence-electron chi connectivity index (χ1n) is 6.59. The number of pyridine rings is 1. The Hall–Kier alpha value is -2.43. The number of rotatable bonds is 2. The van der Waals surface area contributed by atoms with E-state index in [-0.39, 0.29) is 5.56 Å². The third-order valence-corrected chi connectivity index (χ3v) is 3.24. The summed E-state index contributed by atoms with van der Waals surface area (Å²) in [5.74, 6) is 0.830. The van der Waals surface area contributed by atoms with E-state index in [0.29, 0.717) is 23.9 Å². The lowest BCUT2D eigenvalue weighted by Gasteiger charge is -2.18. The Balaban J connectivity index is 2.50. The molecular weight excluding hydrogens is 254 g/mol.